The molecule has 0 spiro atoms. The Morgan fingerprint density at radius 2 is 1.70 bits per heavy atom. The van der Waals surface area contributed by atoms with Gasteiger partial charge < -0.3 is 30.7 Å². The van der Waals surface area contributed by atoms with Crippen LogP contribution in [-0.4, -0.2) is 66.1 Å². The molecule has 0 saturated carbocycles. The zero-order valence-electron chi connectivity index (χ0n) is 18.8. The molecule has 3 rings (SSSR count). The lowest BCUT2D eigenvalue weighted by Crippen LogP contribution is -2.44. The first-order chi connectivity index (χ1) is 15.8. The number of carbonyl (C=O) groups excluding carboxylic acids is 2. The third-order valence-corrected chi connectivity index (χ3v) is 5.69. The second kappa shape index (κ2) is 10.6. The second-order valence-corrected chi connectivity index (χ2v) is 7.88. The Balaban J connectivity index is 1.99. The molecule has 1 heterocycles. The van der Waals surface area contributed by atoms with Crippen LogP contribution in [0.1, 0.15) is 55.5 Å². The minimum Gasteiger partial charge on any atom is -0.394 e. The van der Waals surface area contributed by atoms with Gasteiger partial charge in [0.05, 0.1) is 18.8 Å². The summed E-state index contributed by atoms with van der Waals surface area (Å²) in [5.41, 5.74) is 3.21. The Bertz CT molecular complexity index is 1070. The topological polar surface area (TPSA) is 128 Å². The van der Waals surface area contributed by atoms with E-state index in [1.54, 1.807) is 24.3 Å². The van der Waals surface area contributed by atoms with E-state index in [2.05, 4.69) is 22.5 Å². The maximum atomic E-state index is 12.1. The first kappa shape index (κ1) is 24.4. The lowest BCUT2D eigenvalue weighted by molar-refractivity contribution is -0.179. The van der Waals surface area contributed by atoms with Crippen molar-refractivity contribution < 1.29 is 29.6 Å². The quantitative estimate of drug-likeness (QED) is 0.434. The van der Waals surface area contributed by atoms with Gasteiger partial charge in [-0.25, -0.2) is 0 Å². The van der Waals surface area contributed by atoms with Gasteiger partial charge in [0.25, 0.3) is 11.8 Å². The van der Waals surface area contributed by atoms with E-state index in [0.29, 0.717) is 27.8 Å². The van der Waals surface area contributed by atoms with Crippen LogP contribution in [0.4, 0.5) is 0 Å². The maximum absolute atomic E-state index is 12.1. The Morgan fingerprint density at radius 1 is 1.06 bits per heavy atom. The van der Waals surface area contributed by atoms with E-state index in [0.717, 1.165) is 5.56 Å². The summed E-state index contributed by atoms with van der Waals surface area (Å²) >= 11 is 0. The van der Waals surface area contributed by atoms with E-state index < -0.39 is 24.4 Å². The number of amides is 2. The van der Waals surface area contributed by atoms with E-state index >= 15 is 0 Å². The molecule has 4 unspecified atom stereocenters. The Labute approximate surface area is 192 Å². The van der Waals surface area contributed by atoms with Gasteiger partial charge in [0.2, 0.25) is 0 Å². The lowest BCUT2D eigenvalue weighted by atomic mass is 9.89. The summed E-state index contributed by atoms with van der Waals surface area (Å²) in [6, 6.07) is 10.1. The monoisotopic (exact) mass is 452 g/mol. The summed E-state index contributed by atoms with van der Waals surface area (Å²) in [6.07, 6.45) is -3.36. The molecule has 8 nitrogen and oxygen atoms in total. The SMILES string of the molecule is CNC(=O)c1cc(C#Cc2cccc(C3OC(CO)CC(O)C3O)c2C)cc(C(=O)NC)c1. The molecule has 1 fully saturated rings. The second-order valence-electron chi connectivity index (χ2n) is 7.88. The van der Waals surface area contributed by atoms with Crippen molar-refractivity contribution >= 4 is 11.8 Å². The summed E-state index contributed by atoms with van der Waals surface area (Å²) in [4.78, 5) is 24.2. The zero-order valence-corrected chi connectivity index (χ0v) is 18.8. The largest absolute Gasteiger partial charge is 0.394 e. The third kappa shape index (κ3) is 5.41. The molecule has 0 radical (unpaired) electrons. The van der Waals surface area contributed by atoms with Crippen LogP contribution in [0, 0.1) is 18.8 Å². The predicted molar refractivity (Wildman–Crippen MR) is 122 cm³/mol. The van der Waals surface area contributed by atoms with Crippen molar-refractivity contribution in [2.24, 2.45) is 0 Å². The molecule has 1 saturated heterocycles. The summed E-state index contributed by atoms with van der Waals surface area (Å²) in [5, 5.41) is 35.2. The predicted octanol–water partition coefficient (Wildman–Crippen LogP) is 0.658. The molecule has 2 amide bonds. The van der Waals surface area contributed by atoms with Crippen molar-refractivity contribution in [3.8, 4) is 11.8 Å². The van der Waals surface area contributed by atoms with Gasteiger partial charge in [-0.3, -0.25) is 9.59 Å². The van der Waals surface area contributed by atoms with Gasteiger partial charge in [-0.05, 0) is 42.3 Å². The molecular weight excluding hydrogens is 424 g/mol. The van der Waals surface area contributed by atoms with Gasteiger partial charge in [-0.2, -0.15) is 0 Å². The number of ether oxygens (including phenoxy) is 1. The van der Waals surface area contributed by atoms with Crippen molar-refractivity contribution in [3.63, 3.8) is 0 Å². The molecule has 4 atom stereocenters. The fourth-order valence-electron chi connectivity index (χ4n) is 3.82. The summed E-state index contributed by atoms with van der Waals surface area (Å²) in [5.74, 6) is 5.41. The summed E-state index contributed by atoms with van der Waals surface area (Å²) in [6.45, 7) is 1.58. The highest BCUT2D eigenvalue weighted by Crippen LogP contribution is 2.34. The first-order valence-corrected chi connectivity index (χ1v) is 10.6. The zero-order chi connectivity index (χ0) is 24.1. The van der Waals surface area contributed by atoms with Crippen LogP contribution in [-0.2, 0) is 4.74 Å². The Morgan fingerprint density at radius 3 is 2.27 bits per heavy atom. The van der Waals surface area contributed by atoms with E-state index in [4.69, 9.17) is 4.74 Å². The average Bonchev–Trinajstić information content (AvgIpc) is 2.83. The number of hydrogen-bond donors (Lipinski definition) is 5. The average molecular weight is 453 g/mol. The first-order valence-electron chi connectivity index (χ1n) is 10.6. The van der Waals surface area contributed by atoms with Gasteiger partial charge in [-0.1, -0.05) is 24.0 Å². The normalized spacial score (nSPS) is 22.1. The van der Waals surface area contributed by atoms with Crippen LogP contribution in [0.2, 0.25) is 0 Å². The van der Waals surface area contributed by atoms with Crippen molar-refractivity contribution in [2.45, 2.75) is 37.8 Å². The van der Waals surface area contributed by atoms with E-state index in [1.165, 1.54) is 20.2 Å². The summed E-state index contributed by atoms with van der Waals surface area (Å²) in [7, 11) is 3.02. The van der Waals surface area contributed by atoms with Crippen LogP contribution in [0.5, 0.6) is 0 Å². The number of nitrogens with one attached hydrogen (secondary N) is 2. The fraction of sp³-hybridized carbons (Fsp3) is 0.360. The van der Waals surface area contributed by atoms with Crippen LogP contribution in [0.3, 0.4) is 0 Å². The number of hydrogen-bond acceptors (Lipinski definition) is 6. The van der Waals surface area contributed by atoms with Gasteiger partial charge in [0.1, 0.15) is 12.2 Å². The smallest absolute Gasteiger partial charge is 0.251 e. The third-order valence-electron chi connectivity index (χ3n) is 5.69. The molecule has 2 aromatic rings. The van der Waals surface area contributed by atoms with Crippen LogP contribution >= 0.6 is 0 Å². The van der Waals surface area contributed by atoms with Crippen molar-refractivity contribution in [1.82, 2.24) is 10.6 Å². The standard InChI is InChI=1S/C25H28N2O6/c1-14-16(5-4-6-20(14)23-22(30)21(29)12-19(13-28)33-23)8-7-15-9-17(24(31)26-2)11-18(10-15)25(32)27-3/h4-6,9-11,19,21-23,28-30H,12-13H2,1-3H3,(H,26,31)(H,27,32). The molecule has 1 aliphatic rings. The molecule has 1 aliphatic heterocycles. The molecule has 0 bridgehead atoms. The highest BCUT2D eigenvalue weighted by molar-refractivity contribution is 6.00. The van der Waals surface area contributed by atoms with Gasteiger partial charge in [0, 0.05) is 42.8 Å². The minimum atomic E-state index is -1.13. The molecule has 5 N–H and O–H groups in total. The van der Waals surface area contributed by atoms with E-state index in [1.807, 2.05) is 13.0 Å². The van der Waals surface area contributed by atoms with Gasteiger partial charge in [-0.15, -0.1) is 0 Å². The molecule has 8 heteroatoms. The van der Waals surface area contributed by atoms with Gasteiger partial charge in [0.15, 0.2) is 0 Å². The molecular formula is C25H28N2O6. The highest BCUT2D eigenvalue weighted by Gasteiger charge is 2.38. The highest BCUT2D eigenvalue weighted by atomic mass is 16.5. The van der Waals surface area contributed by atoms with Crippen molar-refractivity contribution in [2.75, 3.05) is 20.7 Å². The van der Waals surface area contributed by atoms with Crippen LogP contribution in [0.25, 0.3) is 0 Å². The Kier molecular flexibility index (Phi) is 7.84. The number of rotatable bonds is 4. The number of carbonyl (C=O) groups is 2. The van der Waals surface area contributed by atoms with Crippen LogP contribution in [0.15, 0.2) is 36.4 Å². The van der Waals surface area contributed by atoms with Crippen molar-refractivity contribution in [1.29, 1.82) is 0 Å². The lowest BCUT2D eigenvalue weighted by Gasteiger charge is -2.37. The molecule has 0 aromatic heterocycles. The van der Waals surface area contributed by atoms with Crippen LogP contribution < -0.4 is 10.6 Å². The maximum Gasteiger partial charge on any atom is 0.251 e. The fourth-order valence-corrected chi connectivity index (χ4v) is 3.82. The van der Waals surface area contributed by atoms with E-state index in [9.17, 15) is 24.9 Å². The molecule has 2 aromatic carbocycles. The van der Waals surface area contributed by atoms with E-state index in [-0.39, 0.29) is 24.8 Å². The molecule has 174 valence electrons. The van der Waals surface area contributed by atoms with Crippen molar-refractivity contribution in [3.05, 3.63) is 69.8 Å². The van der Waals surface area contributed by atoms with Gasteiger partial charge >= 0.3 is 0 Å². The molecule has 33 heavy (non-hydrogen) atoms. The number of benzene rings is 2. The molecule has 0 aliphatic carbocycles. The number of aliphatic hydroxyl groups is 3. The minimum absolute atomic E-state index is 0.155. The Hall–Kier alpha value is -3.22. The summed E-state index contributed by atoms with van der Waals surface area (Å²) < 4.78 is 5.81. The number of aliphatic hydroxyl groups excluding tert-OH is 3.